The first-order valence-corrected chi connectivity index (χ1v) is 11.0. The van der Waals surface area contributed by atoms with Crippen LogP contribution in [0.1, 0.15) is 34.2 Å². The average Bonchev–Trinajstić information content (AvgIpc) is 3.39. The normalized spacial score (nSPS) is 11.4. The summed E-state index contributed by atoms with van der Waals surface area (Å²) >= 11 is 0. The molecule has 0 radical (unpaired) electrons. The second-order valence-corrected chi connectivity index (χ2v) is 8.20. The van der Waals surface area contributed by atoms with E-state index in [0.717, 1.165) is 11.3 Å². The maximum atomic E-state index is 12.8. The average molecular weight is 454 g/mol. The summed E-state index contributed by atoms with van der Waals surface area (Å²) in [5, 5.41) is 24.5. The topological polar surface area (TPSA) is 87.4 Å². The van der Waals surface area contributed by atoms with Gasteiger partial charge in [0, 0.05) is 41.3 Å². The number of carbonyl (C=O) groups excluding carboxylic acids is 1. The summed E-state index contributed by atoms with van der Waals surface area (Å²) in [6.07, 6.45) is 7.17. The van der Waals surface area contributed by atoms with E-state index in [4.69, 9.17) is 0 Å². The summed E-state index contributed by atoms with van der Waals surface area (Å²) in [4.78, 5) is 16.8. The molecule has 34 heavy (non-hydrogen) atoms. The number of nitrogens with one attached hydrogen (secondary N) is 1. The predicted octanol–water partition coefficient (Wildman–Crippen LogP) is 5.67. The van der Waals surface area contributed by atoms with E-state index in [2.05, 4.69) is 10.3 Å². The summed E-state index contributed by atoms with van der Waals surface area (Å²) < 4.78 is 1.88. The Bertz CT molecular complexity index is 1310. The minimum absolute atomic E-state index is 0.0973. The zero-order valence-corrected chi connectivity index (χ0v) is 19.4. The van der Waals surface area contributed by atoms with E-state index in [-0.39, 0.29) is 23.8 Å². The quantitative estimate of drug-likeness (QED) is 0.328. The molecule has 0 aliphatic carbocycles. The number of hydrogen-bond donors (Lipinski definition) is 3. The van der Waals surface area contributed by atoms with Gasteiger partial charge in [0.15, 0.2) is 0 Å². The van der Waals surface area contributed by atoms with Crippen molar-refractivity contribution >= 4 is 17.2 Å². The van der Waals surface area contributed by atoms with Crippen molar-refractivity contribution in [3.63, 3.8) is 0 Å². The zero-order chi connectivity index (χ0) is 24.2. The summed E-state index contributed by atoms with van der Waals surface area (Å²) in [6.45, 7) is 5.32. The number of aromatic hydroxyl groups is 2. The number of aromatic nitrogens is 2. The summed E-state index contributed by atoms with van der Waals surface area (Å²) in [5.41, 5.74) is 5.54. The van der Waals surface area contributed by atoms with Gasteiger partial charge in [0.05, 0.1) is 6.33 Å². The first kappa shape index (κ1) is 22.9. The van der Waals surface area contributed by atoms with E-state index >= 15 is 0 Å². The van der Waals surface area contributed by atoms with Gasteiger partial charge in [-0.2, -0.15) is 0 Å². The molecule has 6 nitrogen and oxygen atoms in total. The highest BCUT2D eigenvalue weighted by Crippen LogP contribution is 2.42. The van der Waals surface area contributed by atoms with Crippen LogP contribution in [-0.2, 0) is 4.79 Å². The number of amides is 1. The van der Waals surface area contributed by atoms with Gasteiger partial charge in [-0.1, -0.05) is 36.4 Å². The smallest absolute Gasteiger partial charge is 0.228 e. The number of carbonyl (C=O) groups is 1. The molecule has 0 aliphatic heterocycles. The summed E-state index contributed by atoms with van der Waals surface area (Å²) in [7, 11) is 0. The molecule has 3 aromatic carbocycles. The van der Waals surface area contributed by atoms with Gasteiger partial charge < -0.3 is 20.1 Å². The molecule has 0 saturated carbocycles. The number of nitrogens with zero attached hydrogens (tertiary/aromatic N) is 2. The lowest BCUT2D eigenvalue weighted by atomic mass is 9.88. The van der Waals surface area contributed by atoms with Gasteiger partial charge in [-0.15, -0.1) is 0 Å². The van der Waals surface area contributed by atoms with Gasteiger partial charge in [0.1, 0.15) is 11.5 Å². The maximum Gasteiger partial charge on any atom is 0.228 e. The molecule has 3 N–H and O–H groups in total. The molecule has 4 rings (SSSR count). The van der Waals surface area contributed by atoms with Crippen molar-refractivity contribution in [3.05, 3.63) is 107 Å². The molecule has 0 aliphatic rings. The van der Waals surface area contributed by atoms with Gasteiger partial charge in [-0.25, -0.2) is 4.98 Å². The van der Waals surface area contributed by atoms with Crippen molar-refractivity contribution in [1.82, 2.24) is 9.55 Å². The van der Waals surface area contributed by atoms with Crippen molar-refractivity contribution in [2.45, 2.75) is 27.2 Å². The van der Waals surface area contributed by atoms with Crippen LogP contribution in [0.5, 0.6) is 11.5 Å². The molecule has 0 unspecified atom stereocenters. The molecular formula is C28H27N3O3. The fourth-order valence-corrected chi connectivity index (χ4v) is 3.97. The lowest BCUT2D eigenvalue weighted by molar-refractivity contribution is -0.115. The third-order valence-electron chi connectivity index (χ3n) is 6.04. The Hall–Kier alpha value is -4.32. The van der Waals surface area contributed by atoms with Gasteiger partial charge in [0.2, 0.25) is 5.91 Å². The van der Waals surface area contributed by atoms with Crippen molar-refractivity contribution < 1.29 is 15.0 Å². The van der Waals surface area contributed by atoms with E-state index in [9.17, 15) is 15.0 Å². The fraction of sp³-hybridized carbons (Fsp3) is 0.143. The summed E-state index contributed by atoms with van der Waals surface area (Å²) in [6, 6.07) is 17.0. The van der Waals surface area contributed by atoms with Gasteiger partial charge in [0.25, 0.3) is 0 Å². The molecule has 172 valence electrons. The molecule has 0 atom stereocenters. The predicted molar refractivity (Wildman–Crippen MR) is 134 cm³/mol. The third-order valence-corrected chi connectivity index (χ3v) is 6.04. The number of rotatable bonds is 6. The van der Waals surface area contributed by atoms with Crippen LogP contribution in [0.25, 0.3) is 11.3 Å². The Morgan fingerprint density at radius 1 is 0.941 bits per heavy atom. The second kappa shape index (κ2) is 9.67. The van der Waals surface area contributed by atoms with Crippen LogP contribution in [0.2, 0.25) is 0 Å². The number of imidazole rings is 1. The monoisotopic (exact) mass is 453 g/mol. The molecule has 0 bridgehead atoms. The SMILES string of the molecule is Cc1c(C)c(O)c(C(=CCC(=O)Nc2ccc(-n3ccnc3)cc2)c2ccccc2)c(C)c1O. The number of anilines is 1. The molecule has 4 aromatic rings. The number of phenols is 2. The zero-order valence-electron chi connectivity index (χ0n) is 19.4. The summed E-state index contributed by atoms with van der Waals surface area (Å²) in [5.74, 6) is 0.0713. The van der Waals surface area contributed by atoms with Gasteiger partial charge in [-0.3, -0.25) is 4.79 Å². The first-order valence-electron chi connectivity index (χ1n) is 11.0. The molecular weight excluding hydrogens is 426 g/mol. The number of benzene rings is 3. The molecule has 0 fully saturated rings. The Labute approximate surface area is 198 Å². The van der Waals surface area contributed by atoms with E-state index < -0.39 is 0 Å². The van der Waals surface area contributed by atoms with Gasteiger partial charge >= 0.3 is 0 Å². The lowest BCUT2D eigenvalue weighted by Crippen LogP contribution is -2.10. The highest BCUT2D eigenvalue weighted by atomic mass is 16.3. The highest BCUT2D eigenvalue weighted by Gasteiger charge is 2.20. The van der Waals surface area contributed by atoms with Crippen molar-refractivity contribution in [1.29, 1.82) is 0 Å². The largest absolute Gasteiger partial charge is 0.507 e. The van der Waals surface area contributed by atoms with Crippen LogP contribution < -0.4 is 5.32 Å². The van der Waals surface area contributed by atoms with E-state index in [0.29, 0.717) is 33.5 Å². The molecule has 6 heteroatoms. The minimum Gasteiger partial charge on any atom is -0.507 e. The molecule has 1 amide bonds. The van der Waals surface area contributed by atoms with Crippen molar-refractivity contribution in [2.24, 2.45) is 0 Å². The Morgan fingerprint density at radius 3 is 2.26 bits per heavy atom. The Kier molecular flexibility index (Phi) is 6.50. The Balaban J connectivity index is 1.62. The fourth-order valence-electron chi connectivity index (χ4n) is 3.97. The number of hydrogen-bond acceptors (Lipinski definition) is 4. The molecule has 0 saturated heterocycles. The minimum atomic E-state index is -0.186. The van der Waals surface area contributed by atoms with E-state index in [1.54, 1.807) is 39.4 Å². The van der Waals surface area contributed by atoms with Gasteiger partial charge in [-0.05, 0) is 67.3 Å². The van der Waals surface area contributed by atoms with Crippen molar-refractivity contribution in [2.75, 3.05) is 5.32 Å². The van der Waals surface area contributed by atoms with E-state index in [1.165, 1.54) is 0 Å². The van der Waals surface area contributed by atoms with Crippen LogP contribution in [0, 0.1) is 20.8 Å². The van der Waals surface area contributed by atoms with Crippen LogP contribution in [0.3, 0.4) is 0 Å². The van der Waals surface area contributed by atoms with Crippen LogP contribution in [0.15, 0.2) is 79.4 Å². The molecule has 0 spiro atoms. The van der Waals surface area contributed by atoms with Crippen molar-refractivity contribution in [3.8, 4) is 17.2 Å². The lowest BCUT2D eigenvalue weighted by Gasteiger charge is -2.19. The van der Waals surface area contributed by atoms with Crippen LogP contribution >= 0.6 is 0 Å². The Morgan fingerprint density at radius 2 is 1.62 bits per heavy atom. The van der Waals surface area contributed by atoms with Crippen LogP contribution in [-0.4, -0.2) is 25.7 Å². The highest BCUT2D eigenvalue weighted by molar-refractivity contribution is 5.94. The second-order valence-electron chi connectivity index (χ2n) is 8.20. The van der Waals surface area contributed by atoms with Crippen LogP contribution in [0.4, 0.5) is 5.69 Å². The molecule has 1 heterocycles. The third kappa shape index (κ3) is 4.57. The standard InChI is InChI=1S/C28H27N3O3/c1-18-19(2)28(34)26(20(3)27(18)33)24(21-7-5-4-6-8-21)13-14-25(32)30-22-9-11-23(12-10-22)31-16-15-29-17-31/h4-13,15-17,33-34H,14H2,1-3H3,(H,30,32). The number of phenolic OH excluding ortho intramolecular Hbond substituents is 2. The maximum absolute atomic E-state index is 12.8. The first-order chi connectivity index (χ1) is 16.4. The molecule has 1 aromatic heterocycles. The van der Waals surface area contributed by atoms with E-state index in [1.807, 2.05) is 65.4 Å².